The van der Waals surface area contributed by atoms with Gasteiger partial charge in [0.15, 0.2) is 0 Å². The minimum atomic E-state index is 0.271. The second-order valence-corrected chi connectivity index (χ2v) is 5.82. The molecule has 2 heteroatoms. The fourth-order valence-corrected chi connectivity index (χ4v) is 1.56. The van der Waals surface area contributed by atoms with Gasteiger partial charge >= 0.3 is 0 Å². The zero-order valence-corrected chi connectivity index (χ0v) is 11.4. The molecular formula is C13H29NO. The molecule has 0 aliphatic heterocycles. The van der Waals surface area contributed by atoms with E-state index in [1.807, 2.05) is 7.05 Å². The number of likely N-dealkylation sites (N-methyl/N-ethyl adjacent to an activating group) is 1. The fraction of sp³-hybridized carbons (Fsp3) is 1.00. The normalized spacial score (nSPS) is 14.6. The van der Waals surface area contributed by atoms with Gasteiger partial charge in [-0.05, 0) is 31.2 Å². The highest BCUT2D eigenvalue weighted by molar-refractivity contribution is 4.78. The molecule has 0 fully saturated rings. The molecule has 1 N–H and O–H groups in total. The van der Waals surface area contributed by atoms with Crippen molar-refractivity contribution in [3.05, 3.63) is 0 Å². The van der Waals surface area contributed by atoms with E-state index in [4.69, 9.17) is 4.74 Å². The van der Waals surface area contributed by atoms with Gasteiger partial charge in [0.2, 0.25) is 0 Å². The average Bonchev–Trinajstić information content (AvgIpc) is 2.08. The summed E-state index contributed by atoms with van der Waals surface area (Å²) < 4.78 is 5.70. The number of nitrogens with one attached hydrogen (secondary N) is 1. The average molecular weight is 215 g/mol. The molecule has 1 atom stereocenters. The van der Waals surface area contributed by atoms with E-state index in [1.54, 1.807) is 0 Å². The van der Waals surface area contributed by atoms with E-state index >= 15 is 0 Å². The van der Waals surface area contributed by atoms with E-state index in [1.165, 1.54) is 12.8 Å². The lowest BCUT2D eigenvalue weighted by Crippen LogP contribution is -2.41. The van der Waals surface area contributed by atoms with Gasteiger partial charge < -0.3 is 10.1 Å². The largest absolute Gasteiger partial charge is 0.380 e. The van der Waals surface area contributed by atoms with Crippen LogP contribution in [0.1, 0.15) is 47.5 Å². The highest BCUT2D eigenvalue weighted by Crippen LogP contribution is 2.19. The first-order chi connectivity index (χ1) is 6.88. The summed E-state index contributed by atoms with van der Waals surface area (Å²) in [5.74, 6) is 0.788. The summed E-state index contributed by atoms with van der Waals surface area (Å²) in [6, 6.07) is 0.441. The molecule has 0 aliphatic rings. The Balaban J connectivity index is 3.56. The summed E-state index contributed by atoms with van der Waals surface area (Å²) >= 11 is 0. The third-order valence-electron chi connectivity index (χ3n) is 2.75. The van der Waals surface area contributed by atoms with Crippen LogP contribution in [-0.4, -0.2) is 26.3 Å². The Morgan fingerprint density at radius 2 is 1.80 bits per heavy atom. The van der Waals surface area contributed by atoms with Gasteiger partial charge in [0.05, 0.1) is 6.61 Å². The molecule has 0 saturated heterocycles. The molecule has 0 spiro atoms. The molecule has 0 heterocycles. The number of hydrogen-bond donors (Lipinski definition) is 1. The Labute approximate surface area is 95.8 Å². The Morgan fingerprint density at radius 1 is 1.20 bits per heavy atom. The van der Waals surface area contributed by atoms with Gasteiger partial charge in [0.25, 0.3) is 0 Å². The molecule has 0 aromatic heterocycles. The van der Waals surface area contributed by atoms with E-state index in [9.17, 15) is 0 Å². The van der Waals surface area contributed by atoms with Crippen molar-refractivity contribution in [3.63, 3.8) is 0 Å². The second-order valence-electron chi connectivity index (χ2n) is 5.82. The van der Waals surface area contributed by atoms with Gasteiger partial charge in [0.1, 0.15) is 0 Å². The summed E-state index contributed by atoms with van der Waals surface area (Å²) in [6.45, 7) is 12.9. The van der Waals surface area contributed by atoms with Crippen LogP contribution >= 0.6 is 0 Å². The fourth-order valence-electron chi connectivity index (χ4n) is 1.56. The van der Waals surface area contributed by atoms with E-state index in [-0.39, 0.29) is 5.41 Å². The smallest absolute Gasteiger partial charge is 0.0624 e. The quantitative estimate of drug-likeness (QED) is 0.659. The molecule has 2 nitrogen and oxygen atoms in total. The predicted octanol–water partition coefficient (Wildman–Crippen LogP) is 3.07. The van der Waals surface area contributed by atoms with Crippen molar-refractivity contribution in [2.45, 2.75) is 53.5 Å². The van der Waals surface area contributed by atoms with Crippen molar-refractivity contribution in [3.8, 4) is 0 Å². The standard InChI is InChI=1S/C13H29NO/c1-11(2)8-7-9-15-10-12(14-6)13(3,4)5/h11-12,14H,7-10H2,1-6H3. The molecule has 0 rings (SSSR count). The van der Waals surface area contributed by atoms with Crippen LogP contribution in [0.2, 0.25) is 0 Å². The van der Waals surface area contributed by atoms with Crippen molar-refractivity contribution >= 4 is 0 Å². The second kappa shape index (κ2) is 7.24. The first-order valence-corrected chi connectivity index (χ1v) is 6.13. The molecule has 15 heavy (non-hydrogen) atoms. The summed E-state index contributed by atoms with van der Waals surface area (Å²) in [7, 11) is 2.01. The molecule has 0 radical (unpaired) electrons. The number of hydrogen-bond acceptors (Lipinski definition) is 2. The zero-order chi connectivity index (χ0) is 11.9. The van der Waals surface area contributed by atoms with Crippen LogP contribution in [0.25, 0.3) is 0 Å². The molecular weight excluding hydrogens is 186 g/mol. The van der Waals surface area contributed by atoms with Crippen LogP contribution in [0.5, 0.6) is 0 Å². The van der Waals surface area contributed by atoms with Crippen molar-refractivity contribution in [1.29, 1.82) is 0 Å². The van der Waals surface area contributed by atoms with Crippen LogP contribution in [0.3, 0.4) is 0 Å². The van der Waals surface area contributed by atoms with Gasteiger partial charge in [-0.2, -0.15) is 0 Å². The topological polar surface area (TPSA) is 21.3 Å². The van der Waals surface area contributed by atoms with Gasteiger partial charge in [-0.15, -0.1) is 0 Å². The first kappa shape index (κ1) is 14.9. The Bertz CT molecular complexity index is 149. The summed E-state index contributed by atoms with van der Waals surface area (Å²) in [5, 5.41) is 3.32. The highest BCUT2D eigenvalue weighted by Gasteiger charge is 2.22. The minimum absolute atomic E-state index is 0.271. The minimum Gasteiger partial charge on any atom is -0.380 e. The lowest BCUT2D eigenvalue weighted by Gasteiger charge is -2.30. The van der Waals surface area contributed by atoms with E-state index in [0.717, 1.165) is 19.1 Å². The van der Waals surface area contributed by atoms with Crippen molar-refractivity contribution < 1.29 is 4.74 Å². The molecule has 0 aliphatic carbocycles. The van der Waals surface area contributed by atoms with Crippen molar-refractivity contribution in [2.75, 3.05) is 20.3 Å². The molecule has 0 aromatic carbocycles. The SMILES string of the molecule is CNC(COCCCC(C)C)C(C)(C)C. The maximum Gasteiger partial charge on any atom is 0.0624 e. The van der Waals surface area contributed by atoms with Crippen molar-refractivity contribution in [2.24, 2.45) is 11.3 Å². The number of ether oxygens (including phenoxy) is 1. The lowest BCUT2D eigenvalue weighted by molar-refractivity contribution is 0.0750. The van der Waals surface area contributed by atoms with E-state index < -0.39 is 0 Å². The van der Waals surface area contributed by atoms with Crippen LogP contribution in [0, 0.1) is 11.3 Å². The first-order valence-electron chi connectivity index (χ1n) is 6.13. The van der Waals surface area contributed by atoms with Crippen LogP contribution in [0.4, 0.5) is 0 Å². The maximum atomic E-state index is 5.70. The summed E-state index contributed by atoms with van der Waals surface area (Å²) in [5.41, 5.74) is 0.271. The maximum absolute atomic E-state index is 5.70. The summed E-state index contributed by atoms with van der Waals surface area (Å²) in [4.78, 5) is 0. The molecule has 92 valence electrons. The van der Waals surface area contributed by atoms with Crippen LogP contribution in [0.15, 0.2) is 0 Å². The third-order valence-corrected chi connectivity index (χ3v) is 2.75. The summed E-state index contributed by atoms with van der Waals surface area (Å²) in [6.07, 6.45) is 2.44. The monoisotopic (exact) mass is 215 g/mol. The van der Waals surface area contributed by atoms with Gasteiger partial charge in [-0.3, -0.25) is 0 Å². The van der Waals surface area contributed by atoms with Crippen LogP contribution < -0.4 is 5.32 Å². The number of rotatable bonds is 7. The van der Waals surface area contributed by atoms with Gasteiger partial charge in [0, 0.05) is 12.6 Å². The highest BCUT2D eigenvalue weighted by atomic mass is 16.5. The lowest BCUT2D eigenvalue weighted by atomic mass is 9.87. The predicted molar refractivity (Wildman–Crippen MR) is 67.2 cm³/mol. The zero-order valence-electron chi connectivity index (χ0n) is 11.4. The third kappa shape index (κ3) is 7.80. The Kier molecular flexibility index (Phi) is 7.20. The molecule has 0 aromatic rings. The van der Waals surface area contributed by atoms with Gasteiger partial charge in [-0.25, -0.2) is 0 Å². The van der Waals surface area contributed by atoms with E-state index in [2.05, 4.69) is 39.9 Å². The molecule has 0 saturated carbocycles. The van der Waals surface area contributed by atoms with E-state index in [0.29, 0.717) is 6.04 Å². The Hall–Kier alpha value is -0.0800. The molecule has 0 bridgehead atoms. The molecule has 1 unspecified atom stereocenters. The van der Waals surface area contributed by atoms with Crippen molar-refractivity contribution in [1.82, 2.24) is 5.32 Å². The Morgan fingerprint density at radius 3 is 2.20 bits per heavy atom. The van der Waals surface area contributed by atoms with Crippen LogP contribution in [-0.2, 0) is 4.74 Å². The molecule has 0 amide bonds. The van der Waals surface area contributed by atoms with Gasteiger partial charge in [-0.1, -0.05) is 34.6 Å².